The molecule has 4 nitrogen and oxygen atoms in total. The fourth-order valence-corrected chi connectivity index (χ4v) is 1.76. The number of aromatic nitrogens is 3. The van der Waals surface area contributed by atoms with E-state index in [2.05, 4.69) is 26.2 Å². The van der Waals surface area contributed by atoms with Crippen LogP contribution in [-0.4, -0.2) is 22.1 Å². The number of rotatable bonds is 4. The highest BCUT2D eigenvalue weighted by atomic mass is 79.9. The Bertz CT molecular complexity index is 544. The van der Waals surface area contributed by atoms with Crippen LogP contribution in [0.4, 0.5) is 4.39 Å². The van der Waals surface area contributed by atoms with Crippen molar-refractivity contribution in [2.45, 2.75) is 18.2 Å². The highest BCUT2D eigenvalue weighted by Gasteiger charge is 2.11. The predicted octanol–water partition coefficient (Wildman–Crippen LogP) is 3.26. The first-order chi connectivity index (χ1) is 8.65. The number of hydrogen-bond donors (Lipinski definition) is 0. The molecule has 0 aliphatic rings. The number of methoxy groups -OCH3 is 1. The summed E-state index contributed by atoms with van der Waals surface area (Å²) in [5.41, 5.74) is 1.44. The Kier molecular flexibility index (Phi) is 3.96. The Labute approximate surface area is 113 Å². The molecule has 1 aromatic carbocycles. The van der Waals surface area contributed by atoms with Crippen LogP contribution in [0.25, 0.3) is 5.69 Å². The number of alkyl halides is 1. The molecule has 0 aliphatic heterocycles. The first-order valence-corrected chi connectivity index (χ1v) is 6.47. The third-order valence-electron chi connectivity index (χ3n) is 2.59. The van der Waals surface area contributed by atoms with E-state index in [0.717, 1.165) is 12.1 Å². The summed E-state index contributed by atoms with van der Waals surface area (Å²) in [4.78, 5) is 0.161. The van der Waals surface area contributed by atoms with Gasteiger partial charge in [0, 0.05) is 6.07 Å². The van der Waals surface area contributed by atoms with E-state index in [9.17, 15) is 4.39 Å². The Morgan fingerprint density at radius 3 is 2.89 bits per heavy atom. The topological polar surface area (TPSA) is 39.9 Å². The Balaban J connectivity index is 2.31. The van der Waals surface area contributed by atoms with Crippen molar-refractivity contribution in [3.63, 3.8) is 0 Å². The number of hydrogen-bond acceptors (Lipinski definition) is 3. The highest BCUT2D eigenvalue weighted by molar-refractivity contribution is 9.09. The van der Waals surface area contributed by atoms with Gasteiger partial charge in [0.15, 0.2) is 11.6 Å². The Morgan fingerprint density at radius 2 is 2.28 bits per heavy atom. The molecule has 96 valence electrons. The minimum atomic E-state index is -0.419. The average molecular weight is 314 g/mol. The third-order valence-corrected chi connectivity index (χ3v) is 3.71. The second-order valence-corrected chi connectivity index (χ2v) is 4.89. The summed E-state index contributed by atoms with van der Waals surface area (Å²) in [6.45, 7) is 2.05. The Hall–Kier alpha value is -1.43. The molecule has 0 radical (unpaired) electrons. The summed E-state index contributed by atoms with van der Waals surface area (Å²) in [7, 11) is 1.43. The Morgan fingerprint density at radius 1 is 1.50 bits per heavy atom. The quantitative estimate of drug-likeness (QED) is 0.813. The molecule has 0 saturated heterocycles. The molecule has 0 saturated carbocycles. The van der Waals surface area contributed by atoms with Crippen molar-refractivity contribution in [3.05, 3.63) is 35.9 Å². The van der Waals surface area contributed by atoms with Gasteiger partial charge >= 0.3 is 0 Å². The molecule has 18 heavy (non-hydrogen) atoms. The summed E-state index contributed by atoms with van der Waals surface area (Å²) in [6.07, 6.45) is 2.69. The minimum absolute atomic E-state index is 0.161. The van der Waals surface area contributed by atoms with Crippen molar-refractivity contribution < 1.29 is 9.13 Å². The van der Waals surface area contributed by atoms with Gasteiger partial charge in [0.1, 0.15) is 0 Å². The first-order valence-electron chi connectivity index (χ1n) is 5.56. The molecule has 1 heterocycles. The van der Waals surface area contributed by atoms with E-state index in [4.69, 9.17) is 4.74 Å². The second-order valence-electron chi connectivity index (χ2n) is 3.78. The molecule has 0 spiro atoms. The molecule has 0 fully saturated rings. The molecule has 0 N–H and O–H groups in total. The normalized spacial score (nSPS) is 12.4. The van der Waals surface area contributed by atoms with Gasteiger partial charge in [-0.1, -0.05) is 28.1 Å². The fourth-order valence-electron chi connectivity index (χ4n) is 1.55. The second kappa shape index (κ2) is 5.48. The lowest BCUT2D eigenvalue weighted by atomic mass is 10.2. The van der Waals surface area contributed by atoms with Crippen molar-refractivity contribution in [1.82, 2.24) is 15.0 Å². The van der Waals surface area contributed by atoms with Crippen molar-refractivity contribution in [3.8, 4) is 11.4 Å². The molecule has 1 aromatic heterocycles. The summed E-state index contributed by atoms with van der Waals surface area (Å²) in [5.74, 6) is -0.205. The van der Waals surface area contributed by atoms with Crippen LogP contribution in [0.15, 0.2) is 24.4 Å². The smallest absolute Gasteiger partial charge is 0.167 e. The van der Waals surface area contributed by atoms with Crippen LogP contribution in [0.3, 0.4) is 0 Å². The van der Waals surface area contributed by atoms with Crippen molar-refractivity contribution >= 4 is 15.9 Å². The lowest BCUT2D eigenvalue weighted by Gasteiger charge is -2.04. The first kappa shape index (κ1) is 13.0. The van der Waals surface area contributed by atoms with Crippen molar-refractivity contribution in [1.29, 1.82) is 0 Å². The lowest BCUT2D eigenvalue weighted by molar-refractivity contribution is 0.386. The van der Waals surface area contributed by atoms with E-state index in [0.29, 0.717) is 5.69 Å². The van der Waals surface area contributed by atoms with E-state index in [1.807, 2.05) is 6.92 Å². The van der Waals surface area contributed by atoms with Crippen LogP contribution in [-0.2, 0) is 0 Å². The zero-order valence-corrected chi connectivity index (χ0v) is 11.7. The van der Waals surface area contributed by atoms with Crippen molar-refractivity contribution in [2.24, 2.45) is 0 Å². The molecule has 2 aromatic rings. The largest absolute Gasteiger partial charge is 0.494 e. The van der Waals surface area contributed by atoms with E-state index >= 15 is 0 Å². The van der Waals surface area contributed by atoms with Gasteiger partial charge in [-0.25, -0.2) is 9.07 Å². The van der Waals surface area contributed by atoms with E-state index in [1.165, 1.54) is 13.2 Å². The number of benzene rings is 1. The number of halogens is 2. The van der Waals surface area contributed by atoms with Gasteiger partial charge in [0.2, 0.25) is 0 Å². The van der Waals surface area contributed by atoms with Gasteiger partial charge in [-0.05, 0) is 18.6 Å². The predicted molar refractivity (Wildman–Crippen MR) is 69.8 cm³/mol. The minimum Gasteiger partial charge on any atom is -0.494 e. The molecular formula is C12H13BrFN3O. The summed E-state index contributed by atoms with van der Waals surface area (Å²) in [5, 5.41) is 8.03. The number of nitrogens with zero attached hydrogens (tertiary/aromatic N) is 3. The van der Waals surface area contributed by atoms with Crippen LogP contribution in [0.2, 0.25) is 0 Å². The van der Waals surface area contributed by atoms with Gasteiger partial charge in [0.25, 0.3) is 0 Å². The summed E-state index contributed by atoms with van der Waals surface area (Å²) >= 11 is 3.50. The molecular weight excluding hydrogens is 301 g/mol. The van der Waals surface area contributed by atoms with Gasteiger partial charge in [-0.15, -0.1) is 5.10 Å². The highest BCUT2D eigenvalue weighted by Crippen LogP contribution is 2.25. The number of ether oxygens (including phenoxy) is 1. The third kappa shape index (κ3) is 2.53. The zero-order valence-electron chi connectivity index (χ0n) is 10.1. The van der Waals surface area contributed by atoms with E-state index in [-0.39, 0.29) is 10.6 Å². The average Bonchev–Trinajstić information content (AvgIpc) is 2.87. The molecule has 2 rings (SSSR count). The van der Waals surface area contributed by atoms with Gasteiger partial charge in [0.05, 0.1) is 29.5 Å². The maximum Gasteiger partial charge on any atom is 0.167 e. The molecule has 1 atom stereocenters. The van der Waals surface area contributed by atoms with Crippen LogP contribution in [0.5, 0.6) is 5.75 Å². The standard InChI is InChI=1S/C12H13BrFN3O/c1-3-9(13)11-7-17(16-15-11)8-4-5-12(18-2)10(14)6-8/h4-7,9H,3H2,1-2H3. The molecule has 1 unspecified atom stereocenters. The summed E-state index contributed by atoms with van der Waals surface area (Å²) < 4.78 is 20.0. The van der Waals surface area contributed by atoms with Crippen LogP contribution in [0, 0.1) is 5.82 Å². The van der Waals surface area contributed by atoms with E-state index in [1.54, 1.807) is 23.0 Å². The van der Waals surface area contributed by atoms with Gasteiger partial charge in [-0.3, -0.25) is 0 Å². The molecule has 6 heteroatoms. The van der Waals surface area contributed by atoms with Crippen molar-refractivity contribution in [2.75, 3.05) is 7.11 Å². The monoisotopic (exact) mass is 313 g/mol. The maximum absolute atomic E-state index is 13.6. The molecule has 0 bridgehead atoms. The van der Waals surface area contributed by atoms with Crippen LogP contribution >= 0.6 is 15.9 Å². The lowest BCUT2D eigenvalue weighted by Crippen LogP contribution is -1.97. The zero-order chi connectivity index (χ0) is 13.1. The van der Waals surface area contributed by atoms with Crippen LogP contribution in [0.1, 0.15) is 23.9 Å². The van der Waals surface area contributed by atoms with Gasteiger partial charge in [-0.2, -0.15) is 0 Å². The van der Waals surface area contributed by atoms with Gasteiger partial charge < -0.3 is 4.74 Å². The maximum atomic E-state index is 13.6. The van der Waals surface area contributed by atoms with Crippen LogP contribution < -0.4 is 4.74 Å². The molecule has 0 amide bonds. The molecule has 0 aliphatic carbocycles. The summed E-state index contributed by atoms with van der Waals surface area (Å²) in [6, 6.07) is 4.67. The fraction of sp³-hybridized carbons (Fsp3) is 0.333. The SMILES string of the molecule is CCC(Br)c1cn(-c2ccc(OC)c(F)c2)nn1. The van der Waals surface area contributed by atoms with E-state index < -0.39 is 5.82 Å².